The molecular formula is C13H13F2NO2. The average Bonchev–Trinajstić information content (AvgIpc) is 2.72. The summed E-state index contributed by atoms with van der Waals surface area (Å²) >= 11 is 0. The van der Waals surface area contributed by atoms with E-state index in [2.05, 4.69) is 0 Å². The number of rotatable bonds is 4. The van der Waals surface area contributed by atoms with Crippen LogP contribution in [0.2, 0.25) is 0 Å². The van der Waals surface area contributed by atoms with Crippen molar-refractivity contribution in [2.75, 3.05) is 0 Å². The maximum absolute atomic E-state index is 13.3. The number of hydrogen-bond acceptors (Lipinski definition) is 3. The highest BCUT2D eigenvalue weighted by Gasteiger charge is 2.11. The third-order valence-electron chi connectivity index (χ3n) is 2.54. The van der Waals surface area contributed by atoms with Gasteiger partial charge in [0.25, 0.3) is 0 Å². The van der Waals surface area contributed by atoms with Gasteiger partial charge in [-0.25, -0.2) is 4.39 Å². The molecule has 0 aliphatic carbocycles. The topological polar surface area (TPSA) is 48.4 Å². The van der Waals surface area contributed by atoms with Crippen LogP contribution >= 0.6 is 0 Å². The molecule has 0 saturated heterocycles. The zero-order valence-electron chi connectivity index (χ0n) is 9.87. The third kappa shape index (κ3) is 2.51. The highest BCUT2D eigenvalue weighted by Crippen LogP contribution is 2.21. The first kappa shape index (κ1) is 12.6. The van der Waals surface area contributed by atoms with Crippen LogP contribution < -0.4 is 10.5 Å². The van der Waals surface area contributed by atoms with Crippen LogP contribution in [-0.2, 0) is 13.2 Å². The van der Waals surface area contributed by atoms with Crippen molar-refractivity contribution >= 4 is 0 Å². The van der Waals surface area contributed by atoms with E-state index in [0.717, 1.165) is 11.6 Å². The fourth-order valence-electron chi connectivity index (χ4n) is 1.61. The number of furan rings is 1. The predicted octanol–water partition coefficient (Wildman–Crippen LogP) is 2.90. The highest BCUT2D eigenvalue weighted by molar-refractivity contribution is 5.26. The molecule has 5 heteroatoms. The molecule has 0 bridgehead atoms. The van der Waals surface area contributed by atoms with Crippen molar-refractivity contribution in [1.82, 2.24) is 0 Å². The Morgan fingerprint density at radius 3 is 2.78 bits per heavy atom. The van der Waals surface area contributed by atoms with Gasteiger partial charge in [0.15, 0.2) is 11.6 Å². The van der Waals surface area contributed by atoms with Gasteiger partial charge in [-0.05, 0) is 30.7 Å². The first-order chi connectivity index (χ1) is 8.61. The van der Waals surface area contributed by atoms with Crippen LogP contribution in [0, 0.1) is 18.6 Å². The minimum atomic E-state index is -1.00. The summed E-state index contributed by atoms with van der Waals surface area (Å²) in [5.74, 6) is -0.895. The molecule has 0 aliphatic heterocycles. The van der Waals surface area contributed by atoms with E-state index >= 15 is 0 Å². The van der Waals surface area contributed by atoms with E-state index in [4.69, 9.17) is 14.9 Å². The van der Waals surface area contributed by atoms with Crippen molar-refractivity contribution in [1.29, 1.82) is 0 Å². The first-order valence-electron chi connectivity index (χ1n) is 5.47. The second-order valence-corrected chi connectivity index (χ2v) is 3.86. The molecular weight excluding hydrogens is 240 g/mol. The highest BCUT2D eigenvalue weighted by atomic mass is 19.2. The molecule has 1 heterocycles. The SMILES string of the molecule is Cc1cc(COc2cccc(F)c2F)oc1CN. The largest absolute Gasteiger partial charge is 0.482 e. The number of nitrogens with two attached hydrogens (primary N) is 1. The lowest BCUT2D eigenvalue weighted by Crippen LogP contribution is -1.98. The Balaban J connectivity index is 2.09. The zero-order chi connectivity index (χ0) is 13.1. The van der Waals surface area contributed by atoms with Crippen LogP contribution in [-0.4, -0.2) is 0 Å². The van der Waals surface area contributed by atoms with Crippen LogP contribution in [0.3, 0.4) is 0 Å². The Morgan fingerprint density at radius 2 is 2.11 bits per heavy atom. The first-order valence-corrected chi connectivity index (χ1v) is 5.47. The summed E-state index contributed by atoms with van der Waals surface area (Å²) in [6.07, 6.45) is 0. The number of ether oxygens (including phenoxy) is 1. The molecule has 3 nitrogen and oxygen atoms in total. The molecule has 96 valence electrons. The van der Waals surface area contributed by atoms with Crippen LogP contribution in [0.15, 0.2) is 28.7 Å². The van der Waals surface area contributed by atoms with Crippen molar-refractivity contribution in [3.8, 4) is 5.75 Å². The van der Waals surface area contributed by atoms with Gasteiger partial charge in [0, 0.05) is 0 Å². The fraction of sp³-hybridized carbons (Fsp3) is 0.231. The van der Waals surface area contributed by atoms with Crippen molar-refractivity contribution in [3.05, 3.63) is 53.0 Å². The van der Waals surface area contributed by atoms with Gasteiger partial charge >= 0.3 is 0 Å². The molecule has 0 atom stereocenters. The lowest BCUT2D eigenvalue weighted by atomic mass is 10.2. The summed E-state index contributed by atoms with van der Waals surface area (Å²) < 4.78 is 36.8. The Hall–Kier alpha value is -1.88. The van der Waals surface area contributed by atoms with E-state index in [1.54, 1.807) is 6.07 Å². The zero-order valence-corrected chi connectivity index (χ0v) is 9.87. The Morgan fingerprint density at radius 1 is 1.33 bits per heavy atom. The molecule has 0 aliphatic rings. The summed E-state index contributed by atoms with van der Waals surface area (Å²) in [5, 5.41) is 0. The van der Waals surface area contributed by atoms with Gasteiger partial charge in [-0.2, -0.15) is 4.39 Å². The Labute approximate surface area is 103 Å². The molecule has 2 rings (SSSR count). The Kier molecular flexibility index (Phi) is 3.62. The van der Waals surface area contributed by atoms with Crippen molar-refractivity contribution < 1.29 is 17.9 Å². The molecule has 2 aromatic rings. The fourth-order valence-corrected chi connectivity index (χ4v) is 1.61. The molecule has 0 amide bonds. The van der Waals surface area contributed by atoms with Gasteiger partial charge < -0.3 is 14.9 Å². The van der Waals surface area contributed by atoms with Gasteiger partial charge in [-0.3, -0.25) is 0 Å². The molecule has 0 radical (unpaired) electrons. The number of hydrogen-bond donors (Lipinski definition) is 1. The van der Waals surface area contributed by atoms with Crippen LogP contribution in [0.4, 0.5) is 8.78 Å². The normalized spacial score (nSPS) is 10.7. The molecule has 0 saturated carbocycles. The summed E-state index contributed by atoms with van der Waals surface area (Å²) in [7, 11) is 0. The van der Waals surface area contributed by atoms with E-state index < -0.39 is 11.6 Å². The molecule has 2 N–H and O–H groups in total. The summed E-state index contributed by atoms with van der Waals surface area (Å²) in [6.45, 7) is 2.18. The van der Waals surface area contributed by atoms with Gasteiger partial charge in [-0.15, -0.1) is 0 Å². The molecule has 0 fully saturated rings. The van der Waals surface area contributed by atoms with E-state index in [-0.39, 0.29) is 12.4 Å². The molecule has 18 heavy (non-hydrogen) atoms. The number of aryl methyl sites for hydroxylation is 1. The van der Waals surface area contributed by atoms with E-state index in [9.17, 15) is 8.78 Å². The minimum absolute atomic E-state index is 0.0290. The van der Waals surface area contributed by atoms with Gasteiger partial charge in [0.2, 0.25) is 5.82 Å². The quantitative estimate of drug-likeness (QED) is 0.911. The smallest absolute Gasteiger partial charge is 0.200 e. The van der Waals surface area contributed by atoms with Gasteiger partial charge in [0.05, 0.1) is 6.54 Å². The molecule has 0 unspecified atom stereocenters. The van der Waals surface area contributed by atoms with Crippen molar-refractivity contribution in [3.63, 3.8) is 0 Å². The second-order valence-electron chi connectivity index (χ2n) is 3.86. The maximum Gasteiger partial charge on any atom is 0.200 e. The Bertz CT molecular complexity index is 552. The van der Waals surface area contributed by atoms with Crippen LogP contribution in [0.1, 0.15) is 17.1 Å². The lowest BCUT2D eigenvalue weighted by molar-refractivity contribution is 0.251. The van der Waals surface area contributed by atoms with E-state index in [0.29, 0.717) is 18.1 Å². The molecule has 1 aromatic carbocycles. The van der Waals surface area contributed by atoms with Crippen molar-refractivity contribution in [2.24, 2.45) is 5.73 Å². The summed E-state index contributed by atoms with van der Waals surface area (Å²) in [4.78, 5) is 0. The maximum atomic E-state index is 13.3. The minimum Gasteiger partial charge on any atom is -0.482 e. The standard InChI is InChI=1S/C13H13F2NO2/c1-8-5-9(18-12(8)6-16)7-17-11-4-2-3-10(14)13(11)15/h2-5H,6-7,16H2,1H3. The van der Waals surface area contributed by atoms with E-state index in [1.807, 2.05) is 6.92 Å². The van der Waals surface area contributed by atoms with Gasteiger partial charge in [0.1, 0.15) is 18.1 Å². The summed E-state index contributed by atoms with van der Waals surface area (Å²) in [5.41, 5.74) is 6.38. The van der Waals surface area contributed by atoms with Crippen LogP contribution in [0.5, 0.6) is 5.75 Å². The predicted molar refractivity (Wildman–Crippen MR) is 62.0 cm³/mol. The monoisotopic (exact) mass is 253 g/mol. The van der Waals surface area contributed by atoms with Crippen LogP contribution in [0.25, 0.3) is 0 Å². The molecule has 0 spiro atoms. The molecule has 1 aromatic heterocycles. The van der Waals surface area contributed by atoms with Crippen molar-refractivity contribution in [2.45, 2.75) is 20.1 Å². The summed E-state index contributed by atoms with van der Waals surface area (Å²) in [6, 6.07) is 5.54. The number of benzene rings is 1. The van der Waals surface area contributed by atoms with E-state index in [1.165, 1.54) is 12.1 Å². The lowest BCUT2D eigenvalue weighted by Gasteiger charge is -2.05. The van der Waals surface area contributed by atoms with Gasteiger partial charge in [-0.1, -0.05) is 6.07 Å². The number of halogens is 2. The average molecular weight is 253 g/mol. The third-order valence-corrected chi connectivity index (χ3v) is 2.54. The second kappa shape index (κ2) is 5.18.